The Morgan fingerprint density at radius 2 is 1.89 bits per heavy atom. The van der Waals surface area contributed by atoms with Gasteiger partial charge in [-0.2, -0.15) is 0 Å². The molecule has 3 heterocycles. The molecule has 0 aromatic heterocycles. The molecule has 0 fully saturated rings. The highest BCUT2D eigenvalue weighted by molar-refractivity contribution is 5.61. The molecule has 0 bridgehead atoms. The molecule has 2 atom stereocenters. The Bertz CT molecular complexity index is 914. The van der Waals surface area contributed by atoms with Crippen molar-refractivity contribution in [2.75, 3.05) is 34.3 Å². The summed E-state index contributed by atoms with van der Waals surface area (Å²) in [7, 11) is 3.72. The van der Waals surface area contributed by atoms with E-state index in [-0.39, 0.29) is 19.6 Å². The predicted molar refractivity (Wildman–Crippen MR) is 100 cm³/mol. The van der Waals surface area contributed by atoms with Crippen LogP contribution in [-0.4, -0.2) is 44.3 Å². The summed E-state index contributed by atoms with van der Waals surface area (Å²) in [6.07, 6.45) is 0.775. The number of likely N-dealkylation sites (N-methyl/N-ethyl adjacent to an activating group) is 1. The second kappa shape index (κ2) is 6.76. The summed E-state index contributed by atoms with van der Waals surface area (Å²) in [5.41, 5.74) is 3.06. The molecular weight excluding hydrogens is 362 g/mol. The Balaban J connectivity index is 1.49. The van der Waals surface area contributed by atoms with Crippen molar-refractivity contribution < 1.29 is 28.8 Å². The Morgan fingerprint density at radius 1 is 1.11 bits per heavy atom. The third-order valence-corrected chi connectivity index (χ3v) is 5.77. The number of rotatable bonds is 4. The second-order valence-electron chi connectivity index (χ2n) is 7.33. The summed E-state index contributed by atoms with van der Waals surface area (Å²) in [6.45, 7) is 1.32. The number of benzene rings is 2. The van der Waals surface area contributed by atoms with Gasteiger partial charge in [-0.15, -0.1) is 0 Å². The van der Waals surface area contributed by atoms with E-state index >= 15 is 0 Å². The van der Waals surface area contributed by atoms with Crippen molar-refractivity contribution in [3.05, 3.63) is 41.0 Å². The van der Waals surface area contributed by atoms with Gasteiger partial charge in [-0.05, 0) is 49.2 Å². The third kappa shape index (κ3) is 2.73. The minimum Gasteiger partial charge on any atom is -0.492 e. The van der Waals surface area contributed by atoms with Gasteiger partial charge in [0.25, 0.3) is 0 Å². The van der Waals surface area contributed by atoms with Gasteiger partial charge in [0.2, 0.25) is 19.3 Å². The number of hydrogen-bond donors (Lipinski definition) is 1. The first-order chi connectivity index (χ1) is 13.7. The number of aliphatic hydroxyl groups is 1. The van der Waals surface area contributed by atoms with Crippen LogP contribution in [0.4, 0.5) is 0 Å². The van der Waals surface area contributed by atoms with Gasteiger partial charge in [0.15, 0.2) is 23.0 Å². The van der Waals surface area contributed by atoms with Crippen LogP contribution in [0.15, 0.2) is 24.3 Å². The highest BCUT2D eigenvalue weighted by Gasteiger charge is 2.35. The molecule has 1 N–H and O–H groups in total. The standard InChI is InChI=1S/C21H23NO6/c1-22-6-5-13-8-18-20(28-11-27-18)21(24-2)19(13)14(22)9-15(23)12-3-4-16-17(7-12)26-10-25-16/h3-4,7-8,14-15,23H,5-6,9-11H2,1-2H3/t14-,15+/m0/s1. The molecule has 3 aliphatic heterocycles. The van der Waals surface area contributed by atoms with Gasteiger partial charge in [-0.3, -0.25) is 4.90 Å². The van der Waals surface area contributed by atoms with Crippen LogP contribution in [0, 0.1) is 0 Å². The van der Waals surface area contributed by atoms with Gasteiger partial charge in [-0.1, -0.05) is 6.07 Å². The maximum absolute atomic E-state index is 11.0. The second-order valence-corrected chi connectivity index (χ2v) is 7.33. The minimum atomic E-state index is -0.650. The van der Waals surface area contributed by atoms with Gasteiger partial charge in [0.05, 0.1) is 13.2 Å². The predicted octanol–water partition coefficient (Wildman–Crippen LogP) is 2.81. The van der Waals surface area contributed by atoms with E-state index in [1.165, 1.54) is 5.56 Å². The van der Waals surface area contributed by atoms with Crippen molar-refractivity contribution in [2.45, 2.75) is 25.0 Å². The zero-order chi connectivity index (χ0) is 19.3. The van der Waals surface area contributed by atoms with E-state index in [9.17, 15) is 5.11 Å². The smallest absolute Gasteiger partial charge is 0.231 e. The monoisotopic (exact) mass is 385 g/mol. The van der Waals surface area contributed by atoms with Gasteiger partial charge < -0.3 is 28.8 Å². The van der Waals surface area contributed by atoms with Crippen molar-refractivity contribution in [1.82, 2.24) is 4.90 Å². The van der Waals surface area contributed by atoms with Crippen LogP contribution in [-0.2, 0) is 6.42 Å². The van der Waals surface area contributed by atoms with E-state index in [0.717, 1.165) is 29.8 Å². The molecule has 0 unspecified atom stereocenters. The first kappa shape index (κ1) is 17.5. The van der Waals surface area contributed by atoms with Crippen molar-refractivity contribution >= 4 is 0 Å². The number of methoxy groups -OCH3 is 1. The maximum atomic E-state index is 11.0. The zero-order valence-corrected chi connectivity index (χ0v) is 15.9. The van der Waals surface area contributed by atoms with Crippen molar-refractivity contribution in [2.24, 2.45) is 0 Å². The Morgan fingerprint density at radius 3 is 2.75 bits per heavy atom. The molecule has 28 heavy (non-hydrogen) atoms. The fourth-order valence-electron chi connectivity index (χ4n) is 4.29. The van der Waals surface area contributed by atoms with Crippen molar-refractivity contribution in [1.29, 1.82) is 0 Å². The molecule has 0 aliphatic carbocycles. The van der Waals surface area contributed by atoms with E-state index in [4.69, 9.17) is 23.7 Å². The van der Waals surface area contributed by atoms with Crippen LogP contribution in [0.1, 0.15) is 35.3 Å². The first-order valence-electron chi connectivity index (χ1n) is 9.43. The van der Waals surface area contributed by atoms with E-state index < -0.39 is 6.10 Å². The third-order valence-electron chi connectivity index (χ3n) is 5.77. The van der Waals surface area contributed by atoms with Crippen LogP contribution in [0.5, 0.6) is 28.7 Å². The van der Waals surface area contributed by atoms with E-state index in [0.29, 0.717) is 29.4 Å². The Hall–Kier alpha value is -2.64. The van der Waals surface area contributed by atoms with Gasteiger partial charge in [-0.25, -0.2) is 0 Å². The molecule has 0 spiro atoms. The minimum absolute atomic E-state index is 0.00590. The van der Waals surface area contributed by atoms with Crippen molar-refractivity contribution in [3.63, 3.8) is 0 Å². The average molecular weight is 385 g/mol. The molecule has 3 aliphatic rings. The fraction of sp³-hybridized carbons (Fsp3) is 0.429. The molecule has 5 rings (SSSR count). The number of fused-ring (bicyclic) bond motifs is 3. The Kier molecular flexibility index (Phi) is 4.21. The number of ether oxygens (including phenoxy) is 5. The number of aliphatic hydroxyl groups excluding tert-OH is 1. The topological polar surface area (TPSA) is 69.6 Å². The lowest BCUT2D eigenvalue weighted by Gasteiger charge is -2.37. The SMILES string of the molecule is COc1c2c(cc3c1[C@H](C[C@@H](O)c1ccc4c(c1)OCO4)N(C)CC3)OCO2. The Labute approximate surface area is 163 Å². The molecule has 0 radical (unpaired) electrons. The van der Waals surface area contributed by atoms with Crippen LogP contribution < -0.4 is 23.7 Å². The molecular formula is C21H23NO6. The molecule has 0 saturated heterocycles. The summed E-state index contributed by atoms with van der Waals surface area (Å²) >= 11 is 0. The summed E-state index contributed by atoms with van der Waals surface area (Å²) in [5, 5.41) is 11.0. The molecule has 7 heteroatoms. The van der Waals surface area contributed by atoms with Gasteiger partial charge in [0.1, 0.15) is 0 Å². The highest BCUT2D eigenvalue weighted by Crippen LogP contribution is 2.51. The molecule has 2 aromatic rings. The zero-order valence-electron chi connectivity index (χ0n) is 15.9. The quantitative estimate of drug-likeness (QED) is 0.868. The summed E-state index contributed by atoms with van der Waals surface area (Å²) in [4.78, 5) is 2.25. The molecule has 7 nitrogen and oxygen atoms in total. The van der Waals surface area contributed by atoms with Crippen LogP contribution in [0.3, 0.4) is 0 Å². The first-order valence-corrected chi connectivity index (χ1v) is 9.43. The summed E-state index contributed by atoms with van der Waals surface area (Å²) in [5.74, 6) is 3.48. The van der Waals surface area contributed by atoms with Gasteiger partial charge >= 0.3 is 0 Å². The van der Waals surface area contributed by atoms with E-state index in [2.05, 4.69) is 11.9 Å². The lowest BCUT2D eigenvalue weighted by molar-refractivity contribution is 0.107. The normalized spacial score (nSPS) is 20.8. The lowest BCUT2D eigenvalue weighted by Crippen LogP contribution is -2.33. The maximum Gasteiger partial charge on any atom is 0.231 e. The fourth-order valence-corrected chi connectivity index (χ4v) is 4.29. The van der Waals surface area contributed by atoms with E-state index in [1.807, 2.05) is 24.3 Å². The van der Waals surface area contributed by atoms with Crippen LogP contribution >= 0.6 is 0 Å². The summed E-state index contributed by atoms with van der Waals surface area (Å²) < 4.78 is 27.8. The van der Waals surface area contributed by atoms with E-state index in [1.54, 1.807) is 7.11 Å². The highest BCUT2D eigenvalue weighted by atomic mass is 16.7. The molecule has 2 aromatic carbocycles. The molecule has 0 saturated carbocycles. The molecule has 0 amide bonds. The lowest BCUT2D eigenvalue weighted by atomic mass is 9.87. The largest absolute Gasteiger partial charge is 0.492 e. The number of nitrogens with zero attached hydrogens (tertiary/aromatic N) is 1. The molecule has 148 valence electrons. The van der Waals surface area contributed by atoms with Crippen LogP contribution in [0.2, 0.25) is 0 Å². The summed E-state index contributed by atoms with van der Waals surface area (Å²) in [6, 6.07) is 7.63. The van der Waals surface area contributed by atoms with Crippen LogP contribution in [0.25, 0.3) is 0 Å². The number of hydrogen-bond acceptors (Lipinski definition) is 7. The van der Waals surface area contributed by atoms with Crippen molar-refractivity contribution in [3.8, 4) is 28.7 Å². The van der Waals surface area contributed by atoms with Gasteiger partial charge in [0, 0.05) is 18.2 Å². The average Bonchev–Trinajstić information content (AvgIpc) is 3.36.